The molecule has 2 heterocycles. The molecule has 2 rings (SSSR count). The Bertz CT molecular complexity index is 318. The molecule has 15 heavy (non-hydrogen) atoms. The van der Waals surface area contributed by atoms with Crippen molar-refractivity contribution < 1.29 is 4.52 Å². The van der Waals surface area contributed by atoms with E-state index in [1.54, 1.807) is 0 Å². The standard InChI is InChI=1S/C10H16BrN3O/c1-7(2)14-5-3-8(4-6-14)9-12-10(11)15-13-9/h7-8H,3-6H2,1-2H3. The summed E-state index contributed by atoms with van der Waals surface area (Å²) in [5.41, 5.74) is 0. The van der Waals surface area contributed by atoms with Crippen molar-refractivity contribution in [3.8, 4) is 0 Å². The number of halogens is 1. The molecule has 1 aliphatic rings. The number of rotatable bonds is 2. The van der Waals surface area contributed by atoms with Crippen molar-refractivity contribution in [3.63, 3.8) is 0 Å². The van der Waals surface area contributed by atoms with Crippen molar-refractivity contribution >= 4 is 15.9 Å². The van der Waals surface area contributed by atoms with E-state index >= 15 is 0 Å². The SMILES string of the molecule is CC(C)N1CCC(c2noc(Br)n2)CC1. The predicted molar refractivity (Wildman–Crippen MR) is 60.7 cm³/mol. The van der Waals surface area contributed by atoms with Gasteiger partial charge in [0.2, 0.25) is 0 Å². The predicted octanol–water partition coefficient (Wildman–Crippen LogP) is 2.42. The molecule has 1 saturated heterocycles. The zero-order chi connectivity index (χ0) is 10.8. The lowest BCUT2D eigenvalue weighted by Crippen LogP contribution is -2.38. The van der Waals surface area contributed by atoms with Crippen molar-refractivity contribution in [3.05, 3.63) is 10.6 Å². The molecule has 0 unspecified atom stereocenters. The Morgan fingerprint density at radius 3 is 2.53 bits per heavy atom. The van der Waals surface area contributed by atoms with Crippen molar-refractivity contribution in [2.75, 3.05) is 13.1 Å². The number of piperidine rings is 1. The normalized spacial score (nSPS) is 20.0. The number of nitrogens with zero attached hydrogens (tertiary/aromatic N) is 3. The topological polar surface area (TPSA) is 42.2 Å². The van der Waals surface area contributed by atoms with E-state index in [9.17, 15) is 0 Å². The molecule has 0 radical (unpaired) electrons. The molecule has 1 aliphatic heterocycles. The van der Waals surface area contributed by atoms with Gasteiger partial charge in [-0.2, -0.15) is 4.98 Å². The van der Waals surface area contributed by atoms with Crippen LogP contribution >= 0.6 is 15.9 Å². The van der Waals surface area contributed by atoms with Crippen molar-refractivity contribution in [1.82, 2.24) is 15.0 Å². The highest BCUT2D eigenvalue weighted by atomic mass is 79.9. The van der Waals surface area contributed by atoms with Gasteiger partial charge in [-0.1, -0.05) is 5.16 Å². The van der Waals surface area contributed by atoms with Crippen molar-refractivity contribution in [1.29, 1.82) is 0 Å². The Balaban J connectivity index is 1.93. The van der Waals surface area contributed by atoms with E-state index in [0.29, 0.717) is 16.8 Å². The van der Waals surface area contributed by atoms with Crippen LogP contribution in [0, 0.1) is 0 Å². The summed E-state index contributed by atoms with van der Waals surface area (Å²) >= 11 is 3.18. The van der Waals surface area contributed by atoms with Crippen LogP contribution in [-0.4, -0.2) is 34.2 Å². The maximum absolute atomic E-state index is 4.93. The molecule has 84 valence electrons. The van der Waals surface area contributed by atoms with Gasteiger partial charge >= 0.3 is 0 Å². The van der Waals surface area contributed by atoms with E-state index in [4.69, 9.17) is 4.52 Å². The minimum atomic E-state index is 0.468. The molecule has 1 fully saturated rings. The van der Waals surface area contributed by atoms with E-state index in [1.165, 1.54) is 0 Å². The average Bonchev–Trinajstić information content (AvgIpc) is 2.65. The number of hydrogen-bond acceptors (Lipinski definition) is 4. The molecule has 0 atom stereocenters. The van der Waals surface area contributed by atoms with Crippen LogP contribution in [-0.2, 0) is 0 Å². The molecule has 0 aromatic carbocycles. The Labute approximate surface area is 98.2 Å². The quantitative estimate of drug-likeness (QED) is 0.830. The highest BCUT2D eigenvalue weighted by Crippen LogP contribution is 2.27. The summed E-state index contributed by atoms with van der Waals surface area (Å²) in [6, 6.07) is 0.642. The van der Waals surface area contributed by atoms with Crippen LogP contribution in [0.4, 0.5) is 0 Å². The van der Waals surface area contributed by atoms with Gasteiger partial charge in [-0.05, 0) is 39.8 Å². The summed E-state index contributed by atoms with van der Waals surface area (Å²) in [5, 5.41) is 3.96. The first-order valence-corrected chi connectivity index (χ1v) is 6.19. The first-order valence-electron chi connectivity index (χ1n) is 5.40. The summed E-state index contributed by atoms with van der Waals surface area (Å²) in [5.74, 6) is 1.32. The molecule has 0 saturated carbocycles. The van der Waals surface area contributed by atoms with Crippen LogP contribution < -0.4 is 0 Å². The van der Waals surface area contributed by atoms with Crippen LogP contribution in [0.5, 0.6) is 0 Å². The minimum absolute atomic E-state index is 0.468. The van der Waals surface area contributed by atoms with Gasteiger partial charge in [-0.25, -0.2) is 0 Å². The molecule has 1 aromatic heterocycles. The third-order valence-corrected chi connectivity index (χ3v) is 3.36. The molecule has 0 N–H and O–H groups in total. The third-order valence-electron chi connectivity index (χ3n) is 3.04. The van der Waals surface area contributed by atoms with E-state index in [-0.39, 0.29) is 0 Å². The molecule has 5 heteroatoms. The molecular formula is C10H16BrN3O. The fourth-order valence-electron chi connectivity index (χ4n) is 2.06. The smallest absolute Gasteiger partial charge is 0.293 e. The molecule has 1 aromatic rings. The van der Waals surface area contributed by atoms with E-state index in [2.05, 4.69) is 44.8 Å². The molecule has 0 spiro atoms. The Morgan fingerprint density at radius 1 is 1.40 bits per heavy atom. The summed E-state index contributed by atoms with van der Waals surface area (Å²) < 4.78 is 4.93. The van der Waals surface area contributed by atoms with Crippen LogP contribution in [0.15, 0.2) is 9.32 Å². The average molecular weight is 274 g/mol. The second-order valence-corrected chi connectivity index (χ2v) is 4.99. The number of aromatic nitrogens is 2. The maximum atomic E-state index is 4.93. The minimum Gasteiger partial charge on any atom is -0.327 e. The number of likely N-dealkylation sites (tertiary alicyclic amines) is 1. The lowest BCUT2D eigenvalue weighted by atomic mass is 9.95. The lowest BCUT2D eigenvalue weighted by Gasteiger charge is -2.33. The second kappa shape index (κ2) is 4.61. The Kier molecular flexibility index (Phi) is 3.41. The fourth-order valence-corrected chi connectivity index (χ4v) is 2.31. The third kappa shape index (κ3) is 2.58. The first kappa shape index (κ1) is 11.1. The maximum Gasteiger partial charge on any atom is 0.293 e. The van der Waals surface area contributed by atoms with Gasteiger partial charge in [0.1, 0.15) is 0 Å². The Hall–Kier alpha value is -0.420. The van der Waals surface area contributed by atoms with Gasteiger partial charge in [0.05, 0.1) is 0 Å². The zero-order valence-corrected chi connectivity index (χ0v) is 10.7. The second-order valence-electron chi connectivity index (χ2n) is 4.31. The molecule has 0 amide bonds. The summed E-state index contributed by atoms with van der Waals surface area (Å²) in [7, 11) is 0. The Morgan fingerprint density at radius 2 is 2.07 bits per heavy atom. The summed E-state index contributed by atoms with van der Waals surface area (Å²) in [4.78, 5) is 7.21. The molecular weight excluding hydrogens is 258 g/mol. The fraction of sp³-hybridized carbons (Fsp3) is 0.800. The van der Waals surface area contributed by atoms with Gasteiger partial charge in [0.25, 0.3) is 4.80 Å². The van der Waals surface area contributed by atoms with E-state index in [0.717, 1.165) is 31.8 Å². The molecule has 0 aliphatic carbocycles. The van der Waals surface area contributed by atoms with Gasteiger partial charge in [-0.3, -0.25) is 0 Å². The largest absolute Gasteiger partial charge is 0.327 e. The van der Waals surface area contributed by atoms with Crippen LogP contribution in [0.25, 0.3) is 0 Å². The zero-order valence-electron chi connectivity index (χ0n) is 9.11. The number of hydrogen-bond donors (Lipinski definition) is 0. The van der Waals surface area contributed by atoms with Crippen molar-refractivity contribution in [2.45, 2.75) is 38.6 Å². The molecule has 0 bridgehead atoms. The highest BCUT2D eigenvalue weighted by molar-refractivity contribution is 9.10. The van der Waals surface area contributed by atoms with E-state index < -0.39 is 0 Å². The lowest BCUT2D eigenvalue weighted by molar-refractivity contribution is 0.168. The monoisotopic (exact) mass is 273 g/mol. The van der Waals surface area contributed by atoms with Gasteiger partial charge in [-0.15, -0.1) is 0 Å². The van der Waals surface area contributed by atoms with Gasteiger partial charge in [0.15, 0.2) is 5.82 Å². The van der Waals surface area contributed by atoms with Gasteiger partial charge in [0, 0.05) is 27.9 Å². The summed E-state index contributed by atoms with van der Waals surface area (Å²) in [6.07, 6.45) is 2.26. The molecule has 4 nitrogen and oxygen atoms in total. The van der Waals surface area contributed by atoms with Crippen LogP contribution in [0.2, 0.25) is 0 Å². The summed E-state index contributed by atoms with van der Waals surface area (Å²) in [6.45, 7) is 6.75. The van der Waals surface area contributed by atoms with Crippen molar-refractivity contribution in [2.24, 2.45) is 0 Å². The first-order chi connectivity index (χ1) is 7.16. The van der Waals surface area contributed by atoms with Crippen LogP contribution in [0.3, 0.4) is 0 Å². The van der Waals surface area contributed by atoms with Gasteiger partial charge < -0.3 is 9.42 Å². The van der Waals surface area contributed by atoms with Crippen LogP contribution in [0.1, 0.15) is 38.4 Å². The highest BCUT2D eigenvalue weighted by Gasteiger charge is 2.25. The van der Waals surface area contributed by atoms with E-state index in [1.807, 2.05) is 0 Å².